The molecule has 0 aliphatic heterocycles. The van der Waals surface area contributed by atoms with E-state index in [1.807, 2.05) is 0 Å². The molecule has 0 saturated carbocycles. The van der Waals surface area contributed by atoms with Gasteiger partial charge >= 0.3 is 10.5 Å². The van der Waals surface area contributed by atoms with Crippen molar-refractivity contribution in [2.45, 2.75) is 10.5 Å². The van der Waals surface area contributed by atoms with Crippen molar-refractivity contribution >= 4 is 40.5 Å². The number of nitrogen functional groups attached to an aromatic ring is 1. The number of ether oxygens (including phenoxy) is 1. The van der Waals surface area contributed by atoms with E-state index in [-0.39, 0.29) is 10.9 Å². The van der Waals surface area contributed by atoms with E-state index in [4.69, 9.17) is 45.3 Å². The summed E-state index contributed by atoms with van der Waals surface area (Å²) in [6, 6.07) is 7.01. The summed E-state index contributed by atoms with van der Waals surface area (Å²) < 4.78 is 42.0. The van der Waals surface area contributed by atoms with Crippen LogP contribution in [0.15, 0.2) is 36.5 Å². The van der Waals surface area contributed by atoms with Crippen LogP contribution in [-0.4, -0.2) is 9.57 Å². The number of nitrogens with two attached hydrogens (primary N) is 1. The topological polar surface area (TPSA) is 48.1 Å². The summed E-state index contributed by atoms with van der Waals surface area (Å²) in [7, 11) is 0. The lowest BCUT2D eigenvalue weighted by Crippen LogP contribution is -2.31. The fourth-order valence-corrected chi connectivity index (χ4v) is 1.91. The summed E-state index contributed by atoms with van der Waals surface area (Å²) in [5, 5.41) is -0.258. The van der Waals surface area contributed by atoms with Crippen LogP contribution in [0.2, 0.25) is 5.02 Å². The molecule has 0 fully saturated rings. The predicted molar refractivity (Wildman–Crippen MR) is 79.6 cm³/mol. The van der Waals surface area contributed by atoms with E-state index in [2.05, 4.69) is 4.98 Å². The average molecular weight is 372 g/mol. The first-order valence-electron chi connectivity index (χ1n) is 5.75. The minimum absolute atomic E-state index is 0.139. The van der Waals surface area contributed by atoms with Crippen LogP contribution in [0.4, 0.5) is 18.9 Å². The zero-order chi connectivity index (χ0) is 16.5. The number of nitrogens with zero attached hydrogens (tertiary/aromatic N) is 1. The van der Waals surface area contributed by atoms with Gasteiger partial charge in [-0.25, -0.2) is 9.37 Å². The maximum absolute atomic E-state index is 13.7. The Bertz CT molecular complexity index is 675. The summed E-state index contributed by atoms with van der Waals surface area (Å²) in [6.07, 6.45) is 0.678. The molecule has 9 heteroatoms. The standard InChI is InChI=1S/C13H8Cl3F3N2O/c14-10-5-7(12(17,18)13(15,16)19)6-21-11(10)22-9-3-1-8(20)2-4-9/h1-6H,20H2. The number of hydrogen-bond donors (Lipinski definition) is 1. The number of benzene rings is 1. The minimum atomic E-state index is -4.19. The van der Waals surface area contributed by atoms with E-state index in [0.29, 0.717) is 17.6 Å². The minimum Gasteiger partial charge on any atom is -0.438 e. The van der Waals surface area contributed by atoms with Gasteiger partial charge in [0.25, 0.3) is 0 Å². The number of anilines is 1. The number of pyridine rings is 1. The molecule has 0 radical (unpaired) electrons. The van der Waals surface area contributed by atoms with Crippen molar-refractivity contribution in [1.82, 2.24) is 4.98 Å². The predicted octanol–water partition coefficient (Wildman–Crippen LogP) is 5.30. The van der Waals surface area contributed by atoms with Gasteiger partial charge in [0.15, 0.2) is 0 Å². The van der Waals surface area contributed by atoms with Gasteiger partial charge < -0.3 is 10.5 Å². The Morgan fingerprint density at radius 3 is 2.18 bits per heavy atom. The van der Waals surface area contributed by atoms with E-state index in [9.17, 15) is 13.2 Å². The molecule has 2 aromatic rings. The fraction of sp³-hybridized carbons (Fsp3) is 0.154. The first-order chi connectivity index (χ1) is 10.1. The monoisotopic (exact) mass is 370 g/mol. The molecule has 2 N–H and O–H groups in total. The Labute approximate surface area is 138 Å². The van der Waals surface area contributed by atoms with Crippen LogP contribution in [0, 0.1) is 0 Å². The molecular weight excluding hydrogens is 364 g/mol. The second-order valence-electron chi connectivity index (χ2n) is 4.25. The van der Waals surface area contributed by atoms with E-state index < -0.39 is 16.1 Å². The van der Waals surface area contributed by atoms with Crippen molar-refractivity contribution < 1.29 is 17.9 Å². The van der Waals surface area contributed by atoms with Crippen molar-refractivity contribution in [2.24, 2.45) is 0 Å². The zero-order valence-electron chi connectivity index (χ0n) is 10.7. The average Bonchev–Trinajstić information content (AvgIpc) is 2.42. The van der Waals surface area contributed by atoms with Gasteiger partial charge in [-0.05, 0) is 30.3 Å². The molecule has 118 valence electrons. The van der Waals surface area contributed by atoms with Crippen molar-refractivity contribution in [3.8, 4) is 11.6 Å². The maximum atomic E-state index is 13.7. The van der Waals surface area contributed by atoms with Crippen molar-refractivity contribution in [2.75, 3.05) is 5.73 Å². The molecule has 0 atom stereocenters. The maximum Gasteiger partial charge on any atom is 0.336 e. The molecule has 22 heavy (non-hydrogen) atoms. The van der Waals surface area contributed by atoms with Gasteiger partial charge in [0.1, 0.15) is 10.8 Å². The summed E-state index contributed by atoms with van der Waals surface area (Å²) in [5.74, 6) is -3.98. The van der Waals surface area contributed by atoms with Crippen LogP contribution >= 0.6 is 34.8 Å². The van der Waals surface area contributed by atoms with Gasteiger partial charge in [-0.1, -0.05) is 34.8 Å². The summed E-state index contributed by atoms with van der Waals surface area (Å²) in [5.41, 5.74) is 5.16. The molecule has 0 bridgehead atoms. The number of aromatic nitrogens is 1. The van der Waals surface area contributed by atoms with Crippen molar-refractivity contribution in [1.29, 1.82) is 0 Å². The largest absolute Gasteiger partial charge is 0.438 e. The SMILES string of the molecule is Nc1ccc(Oc2ncc(C(F)(F)C(F)(Cl)Cl)cc2Cl)cc1. The highest BCUT2D eigenvalue weighted by Gasteiger charge is 2.54. The molecular formula is C13H8Cl3F3N2O. The molecule has 1 aromatic carbocycles. The van der Waals surface area contributed by atoms with Gasteiger partial charge in [-0.3, -0.25) is 0 Å². The Morgan fingerprint density at radius 2 is 1.68 bits per heavy atom. The number of rotatable bonds is 4. The Hall–Kier alpha value is -1.37. The zero-order valence-corrected chi connectivity index (χ0v) is 12.9. The number of alkyl halides is 5. The van der Waals surface area contributed by atoms with Gasteiger partial charge in [0, 0.05) is 17.4 Å². The van der Waals surface area contributed by atoms with Gasteiger partial charge in [-0.15, -0.1) is 0 Å². The molecule has 0 saturated heterocycles. The molecule has 0 unspecified atom stereocenters. The fourth-order valence-electron chi connectivity index (χ4n) is 1.48. The third-order valence-corrected chi connectivity index (χ3v) is 3.37. The second-order valence-corrected chi connectivity index (χ2v) is 5.90. The summed E-state index contributed by atoms with van der Waals surface area (Å²) in [6.45, 7) is 0. The Morgan fingerprint density at radius 1 is 1.09 bits per heavy atom. The van der Waals surface area contributed by atoms with Crippen LogP contribution < -0.4 is 10.5 Å². The molecule has 0 aliphatic carbocycles. The highest BCUT2D eigenvalue weighted by Crippen LogP contribution is 2.48. The van der Waals surface area contributed by atoms with Gasteiger partial charge in [0.2, 0.25) is 5.88 Å². The summed E-state index contributed by atoms with van der Waals surface area (Å²) >= 11 is 15.5. The molecule has 0 amide bonds. The Kier molecular flexibility index (Phi) is 4.65. The second kappa shape index (κ2) is 6.02. The Balaban J connectivity index is 2.29. The van der Waals surface area contributed by atoms with Crippen LogP contribution in [0.25, 0.3) is 0 Å². The van der Waals surface area contributed by atoms with Crippen LogP contribution in [0.3, 0.4) is 0 Å². The highest BCUT2D eigenvalue weighted by molar-refractivity contribution is 6.47. The lowest BCUT2D eigenvalue weighted by molar-refractivity contribution is -0.0653. The van der Waals surface area contributed by atoms with E-state index in [0.717, 1.165) is 6.07 Å². The molecule has 3 nitrogen and oxygen atoms in total. The first-order valence-corrected chi connectivity index (χ1v) is 6.88. The third-order valence-electron chi connectivity index (χ3n) is 2.62. The van der Waals surface area contributed by atoms with Crippen LogP contribution in [0.1, 0.15) is 5.56 Å². The molecule has 0 aliphatic rings. The molecule has 2 rings (SSSR count). The quantitative estimate of drug-likeness (QED) is 0.586. The number of halogens is 6. The first kappa shape index (κ1) is 17.0. The molecule has 0 spiro atoms. The lowest BCUT2D eigenvalue weighted by Gasteiger charge is -2.22. The molecule has 1 heterocycles. The van der Waals surface area contributed by atoms with Crippen molar-refractivity contribution in [3.05, 3.63) is 47.1 Å². The highest BCUT2D eigenvalue weighted by atomic mass is 35.5. The summed E-state index contributed by atoms with van der Waals surface area (Å²) in [4.78, 5) is 3.63. The normalized spacial score (nSPS) is 12.3. The van der Waals surface area contributed by atoms with E-state index >= 15 is 0 Å². The van der Waals surface area contributed by atoms with Crippen LogP contribution in [0.5, 0.6) is 11.6 Å². The lowest BCUT2D eigenvalue weighted by atomic mass is 10.1. The van der Waals surface area contributed by atoms with Gasteiger partial charge in [-0.2, -0.15) is 8.78 Å². The smallest absolute Gasteiger partial charge is 0.336 e. The van der Waals surface area contributed by atoms with Gasteiger partial charge in [0.05, 0.1) is 0 Å². The molecule has 1 aromatic heterocycles. The number of hydrogen-bond acceptors (Lipinski definition) is 3. The van der Waals surface area contributed by atoms with Crippen molar-refractivity contribution in [3.63, 3.8) is 0 Å². The van der Waals surface area contributed by atoms with E-state index in [1.165, 1.54) is 0 Å². The third kappa shape index (κ3) is 3.51. The van der Waals surface area contributed by atoms with E-state index in [1.54, 1.807) is 24.3 Å². The van der Waals surface area contributed by atoms with Crippen LogP contribution in [-0.2, 0) is 5.92 Å².